The minimum atomic E-state index is -0.531. The second kappa shape index (κ2) is 8.89. The number of aromatic nitrogens is 2. The van der Waals surface area contributed by atoms with E-state index in [1.165, 1.54) is 57.1 Å². The molecule has 1 heterocycles. The van der Waals surface area contributed by atoms with Gasteiger partial charge < -0.3 is 0 Å². The van der Waals surface area contributed by atoms with Crippen LogP contribution in [0.5, 0.6) is 0 Å². The first-order chi connectivity index (χ1) is 12.7. The van der Waals surface area contributed by atoms with Crippen LogP contribution in [0.2, 0.25) is 0 Å². The van der Waals surface area contributed by atoms with Gasteiger partial charge in [-0.1, -0.05) is 45.4 Å². The van der Waals surface area contributed by atoms with Gasteiger partial charge in [0.05, 0.1) is 5.56 Å². The summed E-state index contributed by atoms with van der Waals surface area (Å²) in [5.74, 6) is 1.75. The molecule has 1 fully saturated rings. The first kappa shape index (κ1) is 18.5. The second-order valence-electron chi connectivity index (χ2n) is 7.44. The lowest BCUT2D eigenvalue weighted by molar-refractivity contribution is 0.252. The maximum Gasteiger partial charge on any atom is 0.159 e. The van der Waals surface area contributed by atoms with E-state index in [0.29, 0.717) is 11.4 Å². The summed E-state index contributed by atoms with van der Waals surface area (Å²) in [4.78, 5) is 8.77. The molecule has 1 aromatic carbocycles. The van der Waals surface area contributed by atoms with Crippen LogP contribution in [0, 0.1) is 29.0 Å². The molecular weight excluding hydrogens is 325 g/mol. The lowest BCUT2D eigenvalue weighted by atomic mass is 9.78. The quantitative estimate of drug-likeness (QED) is 0.671. The standard InChI is InChI=1S/C22H26FN3/c1-2-3-16-4-6-17(7-5-16)8-9-18-14-25-22(26-15-18)19-10-11-20(13-24)21(23)12-19/h10-12,14-17H,2-9H2,1H3/t16-,17-. The number of nitrogens with zero attached hydrogens (tertiary/aromatic N) is 3. The fourth-order valence-corrected chi connectivity index (χ4v) is 3.97. The normalized spacial score (nSPS) is 19.9. The molecule has 0 saturated heterocycles. The summed E-state index contributed by atoms with van der Waals surface area (Å²) < 4.78 is 13.7. The summed E-state index contributed by atoms with van der Waals surface area (Å²) >= 11 is 0. The Balaban J connectivity index is 1.54. The van der Waals surface area contributed by atoms with Crippen LogP contribution in [0.1, 0.15) is 63.0 Å². The van der Waals surface area contributed by atoms with Gasteiger partial charge in [0, 0.05) is 18.0 Å². The van der Waals surface area contributed by atoms with Gasteiger partial charge in [-0.15, -0.1) is 0 Å². The number of aryl methyl sites for hydroxylation is 1. The maximum atomic E-state index is 13.7. The molecule has 4 heteroatoms. The van der Waals surface area contributed by atoms with Crippen LogP contribution in [0.15, 0.2) is 30.6 Å². The van der Waals surface area contributed by atoms with Crippen molar-refractivity contribution in [3.8, 4) is 17.5 Å². The zero-order valence-corrected chi connectivity index (χ0v) is 15.4. The Morgan fingerprint density at radius 3 is 2.31 bits per heavy atom. The van der Waals surface area contributed by atoms with Crippen molar-refractivity contribution >= 4 is 0 Å². The van der Waals surface area contributed by atoms with Crippen molar-refractivity contribution in [2.45, 2.75) is 58.3 Å². The van der Waals surface area contributed by atoms with Gasteiger partial charge in [-0.05, 0) is 48.4 Å². The van der Waals surface area contributed by atoms with Crippen LogP contribution in [0.3, 0.4) is 0 Å². The highest BCUT2D eigenvalue weighted by Crippen LogP contribution is 2.33. The van der Waals surface area contributed by atoms with E-state index in [-0.39, 0.29) is 5.56 Å². The van der Waals surface area contributed by atoms with Gasteiger partial charge >= 0.3 is 0 Å². The molecule has 1 aromatic heterocycles. The maximum absolute atomic E-state index is 13.7. The lowest BCUT2D eigenvalue weighted by Crippen LogP contribution is -2.15. The molecule has 0 atom stereocenters. The monoisotopic (exact) mass is 351 g/mol. The van der Waals surface area contributed by atoms with Crippen molar-refractivity contribution in [1.29, 1.82) is 5.26 Å². The van der Waals surface area contributed by atoms with Crippen LogP contribution in [-0.2, 0) is 6.42 Å². The smallest absolute Gasteiger partial charge is 0.159 e. The zero-order valence-electron chi connectivity index (χ0n) is 15.4. The highest BCUT2D eigenvalue weighted by atomic mass is 19.1. The van der Waals surface area contributed by atoms with E-state index >= 15 is 0 Å². The van der Waals surface area contributed by atoms with Crippen LogP contribution in [0.25, 0.3) is 11.4 Å². The highest BCUT2D eigenvalue weighted by Gasteiger charge is 2.20. The number of halogens is 1. The molecule has 0 spiro atoms. The van der Waals surface area contributed by atoms with E-state index in [0.717, 1.165) is 23.8 Å². The minimum absolute atomic E-state index is 0.0408. The summed E-state index contributed by atoms with van der Waals surface area (Å²) in [6.07, 6.45) is 14.1. The van der Waals surface area contributed by atoms with Crippen molar-refractivity contribution in [3.05, 3.63) is 47.5 Å². The van der Waals surface area contributed by atoms with Crippen molar-refractivity contribution in [2.24, 2.45) is 11.8 Å². The first-order valence-electron chi connectivity index (χ1n) is 9.70. The van der Waals surface area contributed by atoms with E-state index < -0.39 is 5.82 Å². The Hall–Kier alpha value is -2.28. The molecule has 1 aliphatic rings. The molecule has 0 bridgehead atoms. The van der Waals surface area contributed by atoms with Crippen LogP contribution in [0.4, 0.5) is 4.39 Å². The average Bonchev–Trinajstić information content (AvgIpc) is 2.68. The number of nitriles is 1. The molecule has 0 aliphatic heterocycles. The van der Waals surface area contributed by atoms with Crippen LogP contribution >= 0.6 is 0 Å². The van der Waals surface area contributed by atoms with Crippen molar-refractivity contribution in [2.75, 3.05) is 0 Å². The Bertz CT molecular complexity index is 756. The molecule has 0 unspecified atom stereocenters. The van der Waals surface area contributed by atoms with E-state index in [4.69, 9.17) is 5.26 Å². The Kier molecular flexibility index (Phi) is 6.33. The van der Waals surface area contributed by atoms with E-state index in [1.807, 2.05) is 18.5 Å². The third-order valence-corrected chi connectivity index (χ3v) is 5.56. The zero-order chi connectivity index (χ0) is 18.4. The fourth-order valence-electron chi connectivity index (χ4n) is 3.97. The Morgan fingerprint density at radius 2 is 1.73 bits per heavy atom. The van der Waals surface area contributed by atoms with Gasteiger partial charge in [-0.25, -0.2) is 14.4 Å². The Morgan fingerprint density at radius 1 is 1.08 bits per heavy atom. The largest absolute Gasteiger partial charge is 0.236 e. The fraction of sp³-hybridized carbons (Fsp3) is 0.500. The third kappa shape index (κ3) is 4.66. The second-order valence-corrected chi connectivity index (χ2v) is 7.44. The highest BCUT2D eigenvalue weighted by molar-refractivity contribution is 5.56. The molecule has 136 valence electrons. The van der Waals surface area contributed by atoms with E-state index in [9.17, 15) is 4.39 Å². The molecular formula is C22H26FN3. The van der Waals surface area contributed by atoms with Gasteiger partial charge in [0.25, 0.3) is 0 Å². The lowest BCUT2D eigenvalue weighted by Gasteiger charge is -2.28. The van der Waals surface area contributed by atoms with Crippen molar-refractivity contribution in [1.82, 2.24) is 9.97 Å². The molecule has 0 radical (unpaired) electrons. The molecule has 2 aromatic rings. The van der Waals surface area contributed by atoms with Gasteiger partial charge in [-0.3, -0.25) is 0 Å². The summed E-state index contributed by atoms with van der Waals surface area (Å²) in [5, 5.41) is 8.80. The van der Waals surface area contributed by atoms with Crippen LogP contribution in [-0.4, -0.2) is 9.97 Å². The summed E-state index contributed by atoms with van der Waals surface area (Å²) in [5.41, 5.74) is 1.78. The molecule has 0 N–H and O–H groups in total. The molecule has 1 saturated carbocycles. The predicted octanol–water partition coefficient (Wildman–Crippen LogP) is 5.69. The van der Waals surface area contributed by atoms with E-state index in [1.54, 1.807) is 6.07 Å². The topological polar surface area (TPSA) is 49.6 Å². The predicted molar refractivity (Wildman–Crippen MR) is 101 cm³/mol. The third-order valence-electron chi connectivity index (χ3n) is 5.56. The molecule has 3 nitrogen and oxygen atoms in total. The summed E-state index contributed by atoms with van der Waals surface area (Å²) in [7, 11) is 0. The van der Waals surface area contributed by atoms with Gasteiger partial charge in [0.2, 0.25) is 0 Å². The van der Waals surface area contributed by atoms with Crippen molar-refractivity contribution < 1.29 is 4.39 Å². The first-order valence-corrected chi connectivity index (χ1v) is 9.70. The minimum Gasteiger partial charge on any atom is -0.236 e. The summed E-state index contributed by atoms with van der Waals surface area (Å²) in [6.45, 7) is 2.28. The van der Waals surface area contributed by atoms with Crippen LogP contribution < -0.4 is 0 Å². The SMILES string of the molecule is CCC[C@H]1CC[C@H](CCc2cnc(-c3ccc(C#N)c(F)c3)nc2)CC1. The average molecular weight is 351 g/mol. The number of rotatable bonds is 6. The molecule has 26 heavy (non-hydrogen) atoms. The molecule has 1 aliphatic carbocycles. The number of hydrogen-bond acceptors (Lipinski definition) is 3. The van der Waals surface area contributed by atoms with Gasteiger partial charge in [-0.2, -0.15) is 5.26 Å². The number of benzene rings is 1. The molecule has 0 amide bonds. The summed E-state index contributed by atoms with van der Waals surface area (Å²) in [6, 6.07) is 6.30. The van der Waals surface area contributed by atoms with Gasteiger partial charge in [0.1, 0.15) is 11.9 Å². The van der Waals surface area contributed by atoms with Gasteiger partial charge in [0.15, 0.2) is 5.82 Å². The molecule has 3 rings (SSSR count). The van der Waals surface area contributed by atoms with E-state index in [2.05, 4.69) is 16.9 Å². The Labute approximate surface area is 155 Å². The van der Waals surface area contributed by atoms with Crippen molar-refractivity contribution in [3.63, 3.8) is 0 Å². The number of hydrogen-bond donors (Lipinski definition) is 0.